The third kappa shape index (κ3) is 2.61. The van der Waals surface area contributed by atoms with Crippen LogP contribution in [0.4, 0.5) is 18.9 Å². The Bertz CT molecular complexity index is 542. The third-order valence-corrected chi connectivity index (χ3v) is 3.16. The largest absolute Gasteiger partial charge is 0.469 e. The maximum absolute atomic E-state index is 12.9. The van der Waals surface area contributed by atoms with Crippen molar-refractivity contribution in [2.45, 2.75) is 12.6 Å². The quantitative estimate of drug-likeness (QED) is 0.784. The van der Waals surface area contributed by atoms with Crippen molar-refractivity contribution >= 4 is 17.6 Å². The molecule has 1 fully saturated rings. The smallest absolute Gasteiger partial charge is 0.418 e. The van der Waals surface area contributed by atoms with Gasteiger partial charge in [0, 0.05) is 13.0 Å². The fourth-order valence-electron chi connectivity index (χ4n) is 2.21. The second-order valence-corrected chi connectivity index (χ2v) is 4.44. The van der Waals surface area contributed by atoms with Crippen LogP contribution in [-0.4, -0.2) is 25.5 Å². The third-order valence-electron chi connectivity index (χ3n) is 3.16. The van der Waals surface area contributed by atoms with Crippen molar-refractivity contribution in [1.29, 1.82) is 0 Å². The van der Waals surface area contributed by atoms with E-state index in [-0.39, 0.29) is 18.7 Å². The number of carbonyl (C=O) groups excluding carboxylic acids is 2. The fraction of sp³-hybridized carbons (Fsp3) is 0.385. The number of esters is 1. The number of carbonyl (C=O) groups is 2. The highest BCUT2D eigenvalue weighted by Crippen LogP contribution is 2.38. The van der Waals surface area contributed by atoms with E-state index in [2.05, 4.69) is 4.74 Å². The summed E-state index contributed by atoms with van der Waals surface area (Å²) in [5.74, 6) is -1.84. The molecule has 0 saturated carbocycles. The van der Waals surface area contributed by atoms with E-state index >= 15 is 0 Å². The molecule has 1 amide bonds. The van der Waals surface area contributed by atoms with Crippen LogP contribution in [0.3, 0.4) is 0 Å². The summed E-state index contributed by atoms with van der Waals surface area (Å²) in [4.78, 5) is 24.2. The average Bonchev–Trinajstić information content (AvgIpc) is 2.79. The highest BCUT2D eigenvalue weighted by Gasteiger charge is 2.40. The molecule has 108 valence electrons. The van der Waals surface area contributed by atoms with Crippen molar-refractivity contribution in [1.82, 2.24) is 0 Å². The van der Waals surface area contributed by atoms with Crippen LogP contribution in [0.15, 0.2) is 24.3 Å². The molecule has 1 aromatic carbocycles. The zero-order valence-electron chi connectivity index (χ0n) is 10.6. The number of ether oxygens (including phenoxy) is 1. The van der Waals surface area contributed by atoms with Gasteiger partial charge in [-0.3, -0.25) is 9.59 Å². The molecule has 0 radical (unpaired) electrons. The van der Waals surface area contributed by atoms with E-state index in [1.54, 1.807) is 0 Å². The Kier molecular flexibility index (Phi) is 3.69. The minimum atomic E-state index is -4.56. The number of benzene rings is 1. The number of para-hydroxylation sites is 1. The molecular weight excluding hydrogens is 275 g/mol. The minimum Gasteiger partial charge on any atom is -0.469 e. The first-order valence-electron chi connectivity index (χ1n) is 5.89. The number of methoxy groups -OCH3 is 1. The summed E-state index contributed by atoms with van der Waals surface area (Å²) in [7, 11) is 1.18. The van der Waals surface area contributed by atoms with Gasteiger partial charge in [0.25, 0.3) is 0 Å². The van der Waals surface area contributed by atoms with E-state index in [0.717, 1.165) is 11.0 Å². The number of halogens is 3. The van der Waals surface area contributed by atoms with Gasteiger partial charge in [-0.05, 0) is 12.1 Å². The number of nitrogens with zero attached hydrogens (tertiary/aromatic N) is 1. The summed E-state index contributed by atoms with van der Waals surface area (Å²) < 4.78 is 43.3. The second kappa shape index (κ2) is 5.15. The zero-order valence-corrected chi connectivity index (χ0v) is 10.6. The summed E-state index contributed by atoms with van der Waals surface area (Å²) in [6, 6.07) is 4.81. The lowest BCUT2D eigenvalue weighted by Crippen LogP contribution is -2.28. The van der Waals surface area contributed by atoms with E-state index in [0.29, 0.717) is 0 Å². The molecule has 1 aromatic rings. The monoisotopic (exact) mass is 287 g/mol. The lowest BCUT2D eigenvalue weighted by atomic mass is 10.1. The standard InChI is InChI=1S/C13H12F3NO3/c1-20-12(19)8-6-11(18)17(7-8)10-5-3-2-4-9(10)13(14,15)16/h2-5,8H,6-7H2,1H3. The summed E-state index contributed by atoms with van der Waals surface area (Å²) in [6.45, 7) is -0.0986. The SMILES string of the molecule is COC(=O)C1CC(=O)N(c2ccccc2C(F)(F)F)C1. The van der Waals surface area contributed by atoms with E-state index in [1.165, 1.54) is 25.3 Å². The maximum Gasteiger partial charge on any atom is 0.418 e. The first kappa shape index (κ1) is 14.4. The molecule has 0 bridgehead atoms. The van der Waals surface area contributed by atoms with E-state index in [9.17, 15) is 22.8 Å². The number of anilines is 1. The van der Waals surface area contributed by atoms with Gasteiger partial charge in [-0.2, -0.15) is 13.2 Å². The van der Waals surface area contributed by atoms with Gasteiger partial charge in [0.05, 0.1) is 24.3 Å². The molecule has 0 aliphatic carbocycles. The molecule has 0 aromatic heterocycles. The lowest BCUT2D eigenvalue weighted by molar-refractivity contribution is -0.145. The van der Waals surface area contributed by atoms with Crippen molar-refractivity contribution < 1.29 is 27.5 Å². The zero-order chi connectivity index (χ0) is 14.9. The number of alkyl halides is 3. The van der Waals surface area contributed by atoms with Gasteiger partial charge in [0.15, 0.2) is 0 Å². The molecule has 20 heavy (non-hydrogen) atoms. The highest BCUT2D eigenvalue weighted by molar-refractivity contribution is 6.00. The van der Waals surface area contributed by atoms with E-state index in [4.69, 9.17) is 0 Å². The summed E-state index contributed by atoms with van der Waals surface area (Å²) in [5, 5.41) is 0. The number of rotatable bonds is 2. The van der Waals surface area contributed by atoms with E-state index in [1.807, 2.05) is 0 Å². The summed E-state index contributed by atoms with van der Waals surface area (Å²) in [6.07, 6.45) is -4.70. The van der Waals surface area contributed by atoms with Gasteiger partial charge >= 0.3 is 12.1 Å². The van der Waals surface area contributed by atoms with Gasteiger partial charge in [0.1, 0.15) is 0 Å². The van der Waals surface area contributed by atoms with Crippen molar-refractivity contribution in [2.24, 2.45) is 5.92 Å². The van der Waals surface area contributed by atoms with Crippen LogP contribution in [0, 0.1) is 5.92 Å². The summed E-state index contributed by atoms with van der Waals surface area (Å²) >= 11 is 0. The molecule has 1 aliphatic rings. The molecule has 1 heterocycles. The topological polar surface area (TPSA) is 46.6 Å². The van der Waals surface area contributed by atoms with Gasteiger partial charge in [0.2, 0.25) is 5.91 Å². The van der Waals surface area contributed by atoms with Crippen LogP contribution in [-0.2, 0) is 20.5 Å². The van der Waals surface area contributed by atoms with Gasteiger partial charge in [-0.15, -0.1) is 0 Å². The molecule has 4 nitrogen and oxygen atoms in total. The first-order valence-corrected chi connectivity index (χ1v) is 5.89. The molecule has 0 N–H and O–H groups in total. The average molecular weight is 287 g/mol. The Balaban J connectivity index is 2.34. The maximum atomic E-state index is 12.9. The molecule has 0 spiro atoms. The predicted molar refractivity (Wildman–Crippen MR) is 63.9 cm³/mol. The Morgan fingerprint density at radius 3 is 2.60 bits per heavy atom. The fourth-order valence-corrected chi connectivity index (χ4v) is 2.21. The van der Waals surface area contributed by atoms with Crippen LogP contribution in [0.1, 0.15) is 12.0 Å². The van der Waals surface area contributed by atoms with Crippen LogP contribution >= 0.6 is 0 Å². The summed E-state index contributed by atoms with van der Waals surface area (Å²) in [5.41, 5.74) is -1.12. The Morgan fingerprint density at radius 1 is 1.35 bits per heavy atom. The van der Waals surface area contributed by atoms with Gasteiger partial charge < -0.3 is 9.64 Å². The van der Waals surface area contributed by atoms with Crippen LogP contribution < -0.4 is 4.90 Å². The number of amides is 1. The Hall–Kier alpha value is -2.05. The molecular formula is C13H12F3NO3. The number of hydrogen-bond acceptors (Lipinski definition) is 3. The lowest BCUT2D eigenvalue weighted by Gasteiger charge is -2.21. The molecule has 1 atom stereocenters. The van der Waals surface area contributed by atoms with E-state index < -0.39 is 29.5 Å². The number of hydrogen-bond donors (Lipinski definition) is 0. The van der Waals surface area contributed by atoms with Crippen LogP contribution in [0.25, 0.3) is 0 Å². The van der Waals surface area contributed by atoms with Gasteiger partial charge in [-0.1, -0.05) is 12.1 Å². The molecule has 1 saturated heterocycles. The molecule has 2 rings (SSSR count). The molecule has 7 heteroatoms. The normalized spacial score (nSPS) is 19.3. The Morgan fingerprint density at radius 2 is 2.00 bits per heavy atom. The van der Waals surface area contributed by atoms with Crippen molar-refractivity contribution in [2.75, 3.05) is 18.6 Å². The Labute approximate surface area is 113 Å². The van der Waals surface area contributed by atoms with Crippen molar-refractivity contribution in [3.63, 3.8) is 0 Å². The molecule has 1 unspecified atom stereocenters. The van der Waals surface area contributed by atoms with Crippen LogP contribution in [0.5, 0.6) is 0 Å². The highest BCUT2D eigenvalue weighted by atomic mass is 19.4. The van der Waals surface area contributed by atoms with Crippen molar-refractivity contribution in [3.05, 3.63) is 29.8 Å². The minimum absolute atomic E-state index is 0.0986. The van der Waals surface area contributed by atoms with Crippen molar-refractivity contribution in [3.8, 4) is 0 Å². The molecule has 1 aliphatic heterocycles. The predicted octanol–water partition coefficient (Wildman–Crippen LogP) is 2.23. The second-order valence-electron chi connectivity index (χ2n) is 4.44. The van der Waals surface area contributed by atoms with Gasteiger partial charge in [-0.25, -0.2) is 0 Å². The van der Waals surface area contributed by atoms with Crippen LogP contribution in [0.2, 0.25) is 0 Å². The first-order chi connectivity index (χ1) is 9.34.